The van der Waals surface area contributed by atoms with Crippen molar-refractivity contribution in [2.75, 3.05) is 7.05 Å². The zero-order valence-electron chi connectivity index (χ0n) is 17.5. The number of carbonyl (C=O) groups is 1. The fraction of sp³-hybridized carbons (Fsp3) is 0.280. The maximum atomic E-state index is 12.8. The minimum Gasteiger partial charge on any atom is -0.360 e. The molecule has 0 unspecified atom stereocenters. The number of likely N-dealkylation sites (N-methyl/N-ethyl adjacent to an activating group) is 1. The molecule has 29 heavy (non-hydrogen) atoms. The van der Waals surface area contributed by atoms with Crippen LogP contribution in [0.5, 0.6) is 0 Å². The van der Waals surface area contributed by atoms with Crippen LogP contribution in [0, 0.1) is 0 Å². The van der Waals surface area contributed by atoms with Crippen molar-refractivity contribution in [2.24, 2.45) is 0 Å². The van der Waals surface area contributed by atoms with Crippen LogP contribution in [0.25, 0.3) is 10.8 Å². The van der Waals surface area contributed by atoms with Gasteiger partial charge in [-0.05, 0) is 48.7 Å². The lowest BCUT2D eigenvalue weighted by Crippen LogP contribution is -2.56. The van der Waals surface area contributed by atoms with Crippen LogP contribution < -0.4 is 5.32 Å². The Kier molecular flexibility index (Phi) is 6.33. The van der Waals surface area contributed by atoms with Gasteiger partial charge in [0.15, 0.2) is 0 Å². The largest absolute Gasteiger partial charge is 0.360 e. The highest BCUT2D eigenvalue weighted by Gasteiger charge is 2.34. The molecular weight excluding hydrogens is 376 g/mol. The van der Waals surface area contributed by atoms with Gasteiger partial charge in [0.2, 0.25) is 0 Å². The van der Waals surface area contributed by atoms with E-state index in [2.05, 4.69) is 59.6 Å². The van der Waals surface area contributed by atoms with Crippen molar-refractivity contribution in [2.45, 2.75) is 38.8 Å². The van der Waals surface area contributed by atoms with Gasteiger partial charge in [0, 0.05) is 12.6 Å². The van der Waals surface area contributed by atoms with Crippen molar-refractivity contribution >= 4 is 33.9 Å². The van der Waals surface area contributed by atoms with Crippen LogP contribution >= 0.6 is 12.2 Å². The van der Waals surface area contributed by atoms with Gasteiger partial charge in [0.25, 0.3) is 5.91 Å². The maximum absolute atomic E-state index is 12.8. The molecule has 0 radical (unpaired) electrons. The molecule has 0 bridgehead atoms. The van der Waals surface area contributed by atoms with Crippen LogP contribution in [-0.4, -0.2) is 28.4 Å². The first-order valence-corrected chi connectivity index (χ1v) is 10.4. The van der Waals surface area contributed by atoms with Crippen LogP contribution in [-0.2, 0) is 0 Å². The summed E-state index contributed by atoms with van der Waals surface area (Å²) < 4.78 is 0. The summed E-state index contributed by atoms with van der Waals surface area (Å²) in [6, 6.07) is 24.1. The van der Waals surface area contributed by atoms with Crippen molar-refractivity contribution in [3.63, 3.8) is 0 Å². The number of amides is 1. The maximum Gasteiger partial charge on any atom is 0.252 e. The lowest BCUT2D eigenvalue weighted by molar-refractivity contribution is 0.0923. The van der Waals surface area contributed by atoms with Crippen LogP contribution in [0.2, 0.25) is 0 Å². The summed E-state index contributed by atoms with van der Waals surface area (Å²) in [6.45, 7) is 6.21. The molecule has 3 aromatic rings. The Morgan fingerprint density at radius 3 is 2.34 bits per heavy atom. The smallest absolute Gasteiger partial charge is 0.252 e. The van der Waals surface area contributed by atoms with Crippen LogP contribution in [0.15, 0.2) is 72.8 Å². The van der Waals surface area contributed by atoms with Gasteiger partial charge in [-0.25, -0.2) is 0 Å². The van der Waals surface area contributed by atoms with E-state index in [1.807, 2.05) is 51.2 Å². The molecule has 0 heterocycles. The normalized spacial score (nSPS) is 14.1. The standard InChI is InChI=1S/C25H28N2OS/c1-5-25(3,26-23(28)20-13-7-6-8-14-20)24(29)27(4)18(2)21-17-11-15-19-12-9-10-16-22(19)21/h6-18H,5H2,1-4H3,(H,26,28)/t18-,25+/m1/s1. The van der Waals surface area contributed by atoms with E-state index in [0.29, 0.717) is 12.0 Å². The van der Waals surface area contributed by atoms with Crippen molar-refractivity contribution in [3.05, 3.63) is 83.9 Å². The van der Waals surface area contributed by atoms with E-state index in [-0.39, 0.29) is 11.9 Å². The molecular formula is C25H28N2OS. The number of carbonyl (C=O) groups excluding carboxylic acids is 1. The summed E-state index contributed by atoms with van der Waals surface area (Å²) in [5, 5.41) is 5.60. The van der Waals surface area contributed by atoms with Crippen molar-refractivity contribution in [1.29, 1.82) is 0 Å². The molecule has 0 spiro atoms. The number of rotatable bonds is 6. The average molecular weight is 405 g/mol. The van der Waals surface area contributed by atoms with E-state index in [9.17, 15) is 4.79 Å². The Morgan fingerprint density at radius 2 is 1.66 bits per heavy atom. The number of nitrogens with zero attached hydrogens (tertiary/aromatic N) is 1. The second-order valence-corrected chi connectivity index (χ2v) is 8.05. The molecule has 0 saturated carbocycles. The van der Waals surface area contributed by atoms with Gasteiger partial charge in [-0.2, -0.15) is 0 Å². The molecule has 0 fully saturated rings. The zero-order valence-corrected chi connectivity index (χ0v) is 18.3. The zero-order chi connectivity index (χ0) is 21.0. The molecule has 2 atom stereocenters. The lowest BCUT2D eigenvalue weighted by atomic mass is 9.94. The number of hydrogen-bond donors (Lipinski definition) is 1. The highest BCUT2D eigenvalue weighted by molar-refractivity contribution is 7.80. The molecule has 0 aromatic heterocycles. The Morgan fingerprint density at radius 1 is 1.03 bits per heavy atom. The minimum absolute atomic E-state index is 0.0769. The summed E-state index contributed by atoms with van der Waals surface area (Å²) in [6.07, 6.45) is 0.705. The number of fused-ring (bicyclic) bond motifs is 1. The highest BCUT2D eigenvalue weighted by atomic mass is 32.1. The van der Waals surface area contributed by atoms with Crippen molar-refractivity contribution in [3.8, 4) is 0 Å². The number of thiocarbonyl (C=S) groups is 1. The molecule has 3 nitrogen and oxygen atoms in total. The second-order valence-electron chi connectivity index (χ2n) is 7.67. The molecule has 0 aliphatic carbocycles. The second kappa shape index (κ2) is 8.75. The topological polar surface area (TPSA) is 32.3 Å². The van der Waals surface area contributed by atoms with Crippen molar-refractivity contribution < 1.29 is 4.79 Å². The first-order chi connectivity index (χ1) is 13.9. The van der Waals surface area contributed by atoms with E-state index in [1.54, 1.807) is 0 Å². The summed E-state index contributed by atoms with van der Waals surface area (Å²) in [5.74, 6) is -0.108. The van der Waals surface area contributed by atoms with E-state index in [1.165, 1.54) is 16.3 Å². The van der Waals surface area contributed by atoms with E-state index < -0.39 is 5.54 Å². The van der Waals surface area contributed by atoms with E-state index >= 15 is 0 Å². The fourth-order valence-corrected chi connectivity index (χ4v) is 3.95. The third-order valence-electron chi connectivity index (χ3n) is 5.78. The summed E-state index contributed by atoms with van der Waals surface area (Å²) in [7, 11) is 2.01. The third-order valence-corrected chi connectivity index (χ3v) is 6.52. The van der Waals surface area contributed by atoms with E-state index in [4.69, 9.17) is 12.2 Å². The Labute approximate surface area is 178 Å². The number of benzene rings is 3. The SMILES string of the molecule is CC[C@](C)(NC(=O)c1ccccc1)C(=S)N(C)[C@H](C)c1cccc2ccccc12. The molecule has 1 N–H and O–H groups in total. The summed E-state index contributed by atoms with van der Waals surface area (Å²) in [5.41, 5.74) is 1.25. The van der Waals surface area contributed by atoms with Crippen LogP contribution in [0.3, 0.4) is 0 Å². The van der Waals surface area contributed by atoms with Gasteiger partial charge < -0.3 is 10.2 Å². The molecule has 1 amide bonds. The van der Waals surface area contributed by atoms with Gasteiger partial charge >= 0.3 is 0 Å². The molecule has 0 saturated heterocycles. The monoisotopic (exact) mass is 404 g/mol. The minimum atomic E-state index is -0.615. The lowest BCUT2D eigenvalue weighted by Gasteiger charge is -2.39. The number of hydrogen-bond acceptors (Lipinski definition) is 2. The Hall–Kier alpha value is -2.72. The molecule has 4 heteroatoms. The van der Waals surface area contributed by atoms with Gasteiger partial charge in [0.05, 0.1) is 11.6 Å². The van der Waals surface area contributed by atoms with Gasteiger partial charge in [-0.15, -0.1) is 0 Å². The molecule has 0 aliphatic rings. The first-order valence-electron chi connectivity index (χ1n) is 10.00. The Bertz CT molecular complexity index is 1010. The summed E-state index contributed by atoms with van der Waals surface area (Å²) >= 11 is 5.89. The summed E-state index contributed by atoms with van der Waals surface area (Å²) in [4.78, 5) is 15.6. The number of nitrogens with one attached hydrogen (secondary N) is 1. The predicted molar refractivity (Wildman–Crippen MR) is 125 cm³/mol. The quantitative estimate of drug-likeness (QED) is 0.530. The Balaban J connectivity index is 1.85. The fourth-order valence-electron chi connectivity index (χ4n) is 3.59. The predicted octanol–water partition coefficient (Wildman–Crippen LogP) is 5.76. The molecule has 3 aromatic carbocycles. The molecule has 3 rings (SSSR count). The van der Waals surface area contributed by atoms with Gasteiger partial charge in [0.1, 0.15) is 4.99 Å². The average Bonchev–Trinajstić information content (AvgIpc) is 2.77. The molecule has 0 aliphatic heterocycles. The molecule has 150 valence electrons. The van der Waals surface area contributed by atoms with Crippen LogP contribution in [0.1, 0.15) is 49.2 Å². The third kappa shape index (κ3) is 4.33. The van der Waals surface area contributed by atoms with Gasteiger partial charge in [-0.3, -0.25) is 4.79 Å². The van der Waals surface area contributed by atoms with E-state index in [0.717, 1.165) is 4.99 Å². The van der Waals surface area contributed by atoms with Gasteiger partial charge in [-0.1, -0.05) is 79.8 Å². The van der Waals surface area contributed by atoms with Crippen LogP contribution in [0.4, 0.5) is 0 Å². The van der Waals surface area contributed by atoms with Crippen molar-refractivity contribution in [1.82, 2.24) is 10.2 Å². The first kappa shape index (κ1) is 21.0. The highest BCUT2D eigenvalue weighted by Crippen LogP contribution is 2.30.